The molecule has 0 aliphatic rings. The zero-order valence-corrected chi connectivity index (χ0v) is 13.2. The van der Waals surface area contributed by atoms with E-state index in [1.165, 1.54) is 10.6 Å². The van der Waals surface area contributed by atoms with Crippen molar-refractivity contribution in [3.8, 4) is 0 Å². The van der Waals surface area contributed by atoms with Gasteiger partial charge in [0.2, 0.25) is 0 Å². The number of hydrogen-bond acceptors (Lipinski definition) is 3. The summed E-state index contributed by atoms with van der Waals surface area (Å²) in [7, 11) is 0. The molecule has 0 atom stereocenters. The average molecular weight is 342 g/mol. The highest BCUT2D eigenvalue weighted by Crippen LogP contribution is 2.31. The van der Waals surface area contributed by atoms with Gasteiger partial charge in [0.1, 0.15) is 5.82 Å². The summed E-state index contributed by atoms with van der Waals surface area (Å²) in [5, 5.41) is 9.29. The SMILES string of the molecule is Cc1cc2nc(C(F)(F)F)cc(Nc3ccc4ccccc4c3)n2n1. The average Bonchev–Trinajstić information content (AvgIpc) is 2.94. The van der Waals surface area contributed by atoms with E-state index in [1.807, 2.05) is 42.5 Å². The molecule has 4 nitrogen and oxygen atoms in total. The van der Waals surface area contributed by atoms with Gasteiger partial charge >= 0.3 is 6.18 Å². The molecule has 25 heavy (non-hydrogen) atoms. The molecule has 0 spiro atoms. The number of aryl methyl sites for hydroxylation is 1. The summed E-state index contributed by atoms with van der Waals surface area (Å²) in [6.45, 7) is 1.71. The second kappa shape index (κ2) is 5.47. The first-order chi connectivity index (χ1) is 11.9. The van der Waals surface area contributed by atoms with Crippen LogP contribution in [-0.4, -0.2) is 14.6 Å². The lowest BCUT2D eigenvalue weighted by Gasteiger charge is -2.12. The van der Waals surface area contributed by atoms with Gasteiger partial charge in [-0.25, -0.2) is 4.98 Å². The van der Waals surface area contributed by atoms with Gasteiger partial charge in [0.15, 0.2) is 11.3 Å². The number of nitrogens with zero attached hydrogens (tertiary/aromatic N) is 3. The van der Waals surface area contributed by atoms with Crippen LogP contribution in [0.25, 0.3) is 16.4 Å². The third-order valence-corrected chi connectivity index (χ3v) is 3.86. The van der Waals surface area contributed by atoms with Gasteiger partial charge in [-0.2, -0.15) is 22.8 Å². The lowest BCUT2D eigenvalue weighted by Crippen LogP contribution is -2.11. The number of benzene rings is 2. The van der Waals surface area contributed by atoms with Crippen molar-refractivity contribution in [2.24, 2.45) is 0 Å². The third kappa shape index (κ3) is 2.88. The van der Waals surface area contributed by atoms with Crippen LogP contribution in [0.2, 0.25) is 0 Å². The number of nitrogens with one attached hydrogen (secondary N) is 1. The number of halogens is 3. The van der Waals surface area contributed by atoms with Gasteiger partial charge in [-0.3, -0.25) is 0 Å². The van der Waals surface area contributed by atoms with Crippen molar-refractivity contribution in [2.45, 2.75) is 13.1 Å². The van der Waals surface area contributed by atoms with Crippen LogP contribution in [0.1, 0.15) is 11.4 Å². The molecule has 1 N–H and O–H groups in total. The highest BCUT2D eigenvalue weighted by molar-refractivity contribution is 5.86. The minimum absolute atomic E-state index is 0.149. The van der Waals surface area contributed by atoms with Crippen LogP contribution < -0.4 is 5.32 Å². The molecule has 126 valence electrons. The maximum atomic E-state index is 13.1. The van der Waals surface area contributed by atoms with E-state index in [0.717, 1.165) is 16.8 Å². The van der Waals surface area contributed by atoms with Crippen molar-refractivity contribution in [1.29, 1.82) is 0 Å². The summed E-state index contributed by atoms with van der Waals surface area (Å²) in [4.78, 5) is 3.65. The molecular formula is C18H13F3N4. The smallest absolute Gasteiger partial charge is 0.340 e. The first kappa shape index (κ1) is 15.4. The van der Waals surface area contributed by atoms with Crippen molar-refractivity contribution in [3.63, 3.8) is 0 Å². The Morgan fingerprint density at radius 2 is 1.72 bits per heavy atom. The molecule has 7 heteroatoms. The lowest BCUT2D eigenvalue weighted by atomic mass is 10.1. The first-order valence-electron chi connectivity index (χ1n) is 7.61. The van der Waals surface area contributed by atoms with Crippen LogP contribution in [0, 0.1) is 6.92 Å². The summed E-state index contributed by atoms with van der Waals surface area (Å²) in [5.74, 6) is 0.209. The number of aromatic nitrogens is 3. The van der Waals surface area contributed by atoms with E-state index in [2.05, 4.69) is 15.4 Å². The summed E-state index contributed by atoms with van der Waals surface area (Å²) < 4.78 is 40.8. The summed E-state index contributed by atoms with van der Waals surface area (Å²) in [5.41, 5.74) is 0.458. The molecular weight excluding hydrogens is 329 g/mol. The molecule has 0 unspecified atom stereocenters. The number of rotatable bonds is 2. The van der Waals surface area contributed by atoms with Crippen LogP contribution in [-0.2, 0) is 6.18 Å². The van der Waals surface area contributed by atoms with Gasteiger partial charge in [0, 0.05) is 17.8 Å². The first-order valence-corrected chi connectivity index (χ1v) is 7.61. The monoisotopic (exact) mass is 342 g/mol. The van der Waals surface area contributed by atoms with Gasteiger partial charge in [0.25, 0.3) is 0 Å². The van der Waals surface area contributed by atoms with E-state index in [9.17, 15) is 13.2 Å². The molecule has 2 aromatic carbocycles. The van der Waals surface area contributed by atoms with Gasteiger partial charge in [0.05, 0.1) is 5.69 Å². The maximum Gasteiger partial charge on any atom is 0.433 e. The molecule has 2 heterocycles. The highest BCUT2D eigenvalue weighted by atomic mass is 19.4. The molecule has 0 radical (unpaired) electrons. The Bertz CT molecular complexity index is 1080. The van der Waals surface area contributed by atoms with Crippen molar-refractivity contribution >= 4 is 27.9 Å². The molecule has 4 aromatic rings. The minimum Gasteiger partial charge on any atom is -0.340 e. The molecule has 2 aromatic heterocycles. The fraction of sp³-hybridized carbons (Fsp3) is 0.111. The van der Waals surface area contributed by atoms with Crippen molar-refractivity contribution < 1.29 is 13.2 Å². The van der Waals surface area contributed by atoms with Crippen LogP contribution in [0.4, 0.5) is 24.7 Å². The van der Waals surface area contributed by atoms with E-state index in [0.29, 0.717) is 11.4 Å². The molecule has 0 saturated heterocycles. The topological polar surface area (TPSA) is 42.2 Å². The molecule has 0 aliphatic heterocycles. The van der Waals surface area contributed by atoms with E-state index < -0.39 is 11.9 Å². The maximum absolute atomic E-state index is 13.1. The Kier molecular flexibility index (Phi) is 3.38. The Hall–Kier alpha value is -3.09. The number of anilines is 2. The van der Waals surface area contributed by atoms with Crippen LogP contribution >= 0.6 is 0 Å². The predicted octanol–water partition coefficient (Wildman–Crippen LogP) is 4.95. The normalized spacial score (nSPS) is 12.0. The summed E-state index contributed by atoms with van der Waals surface area (Å²) in [6, 6.07) is 15.9. The summed E-state index contributed by atoms with van der Waals surface area (Å²) in [6.07, 6.45) is -4.53. The van der Waals surface area contributed by atoms with Gasteiger partial charge in [-0.1, -0.05) is 30.3 Å². The van der Waals surface area contributed by atoms with Gasteiger partial charge in [-0.05, 0) is 29.8 Å². The molecule has 0 fully saturated rings. The number of hydrogen-bond donors (Lipinski definition) is 1. The van der Waals surface area contributed by atoms with Gasteiger partial charge < -0.3 is 5.32 Å². The largest absolute Gasteiger partial charge is 0.433 e. The minimum atomic E-state index is -4.53. The fourth-order valence-electron chi connectivity index (χ4n) is 2.74. The van der Waals surface area contributed by atoms with Crippen LogP contribution in [0.3, 0.4) is 0 Å². The van der Waals surface area contributed by atoms with E-state index in [1.54, 1.807) is 6.92 Å². The van der Waals surface area contributed by atoms with Crippen LogP contribution in [0.5, 0.6) is 0 Å². The van der Waals surface area contributed by atoms with Crippen molar-refractivity contribution in [3.05, 3.63) is 66.0 Å². The zero-order chi connectivity index (χ0) is 17.6. The molecule has 4 rings (SSSR count). The molecule has 0 saturated carbocycles. The Morgan fingerprint density at radius 1 is 0.960 bits per heavy atom. The fourth-order valence-corrected chi connectivity index (χ4v) is 2.74. The standard InChI is InChI=1S/C18H13F3N4/c1-11-8-16-23-15(18(19,20)21)10-17(25(16)24-11)22-14-7-6-12-4-2-3-5-13(12)9-14/h2-10,22H,1H3. The Balaban J connectivity index is 1.83. The second-order valence-corrected chi connectivity index (χ2v) is 5.77. The second-order valence-electron chi connectivity index (χ2n) is 5.77. The quantitative estimate of drug-likeness (QED) is 0.560. The third-order valence-electron chi connectivity index (χ3n) is 3.86. The molecule has 0 aliphatic carbocycles. The molecule has 0 bridgehead atoms. The Morgan fingerprint density at radius 3 is 2.48 bits per heavy atom. The highest BCUT2D eigenvalue weighted by Gasteiger charge is 2.33. The van der Waals surface area contributed by atoms with E-state index in [-0.39, 0.29) is 11.5 Å². The van der Waals surface area contributed by atoms with E-state index in [4.69, 9.17) is 0 Å². The zero-order valence-electron chi connectivity index (χ0n) is 13.2. The number of alkyl halides is 3. The van der Waals surface area contributed by atoms with Crippen molar-refractivity contribution in [1.82, 2.24) is 14.6 Å². The molecule has 0 amide bonds. The number of fused-ring (bicyclic) bond motifs is 2. The van der Waals surface area contributed by atoms with E-state index >= 15 is 0 Å². The van der Waals surface area contributed by atoms with Crippen molar-refractivity contribution in [2.75, 3.05) is 5.32 Å². The van der Waals surface area contributed by atoms with Crippen LogP contribution in [0.15, 0.2) is 54.6 Å². The summed E-state index contributed by atoms with van der Waals surface area (Å²) >= 11 is 0. The Labute approximate surface area is 140 Å². The van der Waals surface area contributed by atoms with Gasteiger partial charge in [-0.15, -0.1) is 0 Å². The lowest BCUT2D eigenvalue weighted by molar-refractivity contribution is -0.141. The predicted molar refractivity (Wildman–Crippen MR) is 90.0 cm³/mol.